The summed E-state index contributed by atoms with van der Waals surface area (Å²) in [5, 5.41) is 2.96. The fraction of sp³-hybridized carbons (Fsp3) is 0.550. The zero-order chi connectivity index (χ0) is 20.1. The summed E-state index contributed by atoms with van der Waals surface area (Å²) in [6.45, 7) is 2.06. The molecule has 0 unspecified atom stereocenters. The van der Waals surface area contributed by atoms with Gasteiger partial charge in [-0.2, -0.15) is 4.99 Å². The van der Waals surface area contributed by atoms with E-state index in [1.54, 1.807) is 7.11 Å². The fourth-order valence-corrected chi connectivity index (χ4v) is 3.98. The molecule has 0 saturated heterocycles. The maximum Gasteiger partial charge on any atom is 0.224 e. The van der Waals surface area contributed by atoms with Gasteiger partial charge in [-0.05, 0) is 50.3 Å². The summed E-state index contributed by atoms with van der Waals surface area (Å²) in [7, 11) is 1.58. The SMILES string of the molecule is CCCCC(=O)Nc1cc(N2C(N)=NC(N)=NC23CCCCC3)ccc1OC. The maximum atomic E-state index is 12.3. The molecular weight excluding hydrogens is 356 g/mol. The number of aliphatic imine (C=N–C) groups is 2. The third-order valence-electron chi connectivity index (χ3n) is 5.32. The number of hydrogen-bond donors (Lipinski definition) is 3. The van der Waals surface area contributed by atoms with Crippen molar-refractivity contribution in [2.45, 2.75) is 64.0 Å². The van der Waals surface area contributed by atoms with Crippen LogP contribution in [0.3, 0.4) is 0 Å². The molecular formula is C20H30N6O2. The van der Waals surface area contributed by atoms with Gasteiger partial charge in [-0.25, -0.2) is 4.99 Å². The van der Waals surface area contributed by atoms with E-state index in [4.69, 9.17) is 16.2 Å². The van der Waals surface area contributed by atoms with Gasteiger partial charge in [0.05, 0.1) is 12.8 Å². The van der Waals surface area contributed by atoms with Crippen molar-refractivity contribution in [2.75, 3.05) is 17.3 Å². The Morgan fingerprint density at radius 3 is 2.71 bits per heavy atom. The van der Waals surface area contributed by atoms with Crippen LogP contribution < -0.4 is 26.4 Å². The molecule has 1 aromatic carbocycles. The van der Waals surface area contributed by atoms with Crippen LogP contribution in [0, 0.1) is 0 Å². The largest absolute Gasteiger partial charge is 0.495 e. The van der Waals surface area contributed by atoms with E-state index in [1.807, 2.05) is 23.1 Å². The number of carbonyl (C=O) groups is 1. The van der Waals surface area contributed by atoms with E-state index in [-0.39, 0.29) is 11.9 Å². The molecule has 3 rings (SSSR count). The van der Waals surface area contributed by atoms with Gasteiger partial charge in [-0.1, -0.05) is 19.8 Å². The highest BCUT2D eigenvalue weighted by Gasteiger charge is 2.42. The quantitative estimate of drug-likeness (QED) is 0.694. The molecule has 152 valence electrons. The third-order valence-corrected chi connectivity index (χ3v) is 5.32. The van der Waals surface area contributed by atoms with Crippen molar-refractivity contribution in [3.63, 3.8) is 0 Å². The minimum absolute atomic E-state index is 0.0350. The topological polar surface area (TPSA) is 118 Å². The predicted octanol–water partition coefficient (Wildman–Crippen LogP) is 2.93. The number of ether oxygens (including phenoxy) is 1. The van der Waals surface area contributed by atoms with Crippen molar-refractivity contribution in [1.82, 2.24) is 0 Å². The predicted molar refractivity (Wildman–Crippen MR) is 113 cm³/mol. The number of guanidine groups is 2. The molecule has 0 radical (unpaired) electrons. The van der Waals surface area contributed by atoms with E-state index < -0.39 is 5.66 Å². The first kappa shape index (κ1) is 20.0. The third kappa shape index (κ3) is 4.05. The Balaban J connectivity index is 1.96. The van der Waals surface area contributed by atoms with E-state index in [2.05, 4.69) is 22.2 Å². The number of rotatable bonds is 6. The first-order chi connectivity index (χ1) is 13.5. The summed E-state index contributed by atoms with van der Waals surface area (Å²) in [5.74, 6) is 1.11. The summed E-state index contributed by atoms with van der Waals surface area (Å²) in [5.41, 5.74) is 13.1. The Morgan fingerprint density at radius 2 is 2.04 bits per heavy atom. The van der Waals surface area contributed by atoms with E-state index in [0.717, 1.165) is 44.2 Å². The molecule has 1 aliphatic heterocycles. The Morgan fingerprint density at radius 1 is 1.29 bits per heavy atom. The van der Waals surface area contributed by atoms with Crippen LogP contribution in [0.4, 0.5) is 11.4 Å². The van der Waals surface area contributed by atoms with Crippen LogP contribution in [-0.4, -0.2) is 30.6 Å². The van der Waals surface area contributed by atoms with Crippen molar-refractivity contribution in [2.24, 2.45) is 21.5 Å². The minimum atomic E-state index is -0.522. The Labute approximate surface area is 166 Å². The number of amides is 1. The van der Waals surface area contributed by atoms with Crippen molar-refractivity contribution < 1.29 is 9.53 Å². The van der Waals surface area contributed by atoms with Crippen LogP contribution in [-0.2, 0) is 4.79 Å². The first-order valence-electron chi connectivity index (χ1n) is 9.96. The van der Waals surface area contributed by atoms with Gasteiger partial charge in [0.1, 0.15) is 11.4 Å². The lowest BCUT2D eigenvalue weighted by Crippen LogP contribution is -2.58. The number of hydrogen-bond acceptors (Lipinski definition) is 7. The second-order valence-electron chi connectivity index (χ2n) is 7.35. The normalized spacial score (nSPS) is 18.4. The molecule has 28 heavy (non-hydrogen) atoms. The number of benzene rings is 1. The average molecular weight is 387 g/mol. The second kappa shape index (κ2) is 8.50. The van der Waals surface area contributed by atoms with E-state index in [9.17, 15) is 4.79 Å². The molecule has 0 atom stereocenters. The molecule has 8 heteroatoms. The molecule has 2 aliphatic rings. The smallest absolute Gasteiger partial charge is 0.224 e. The van der Waals surface area contributed by atoms with Crippen molar-refractivity contribution in [3.05, 3.63) is 18.2 Å². The Kier molecular flexibility index (Phi) is 6.06. The van der Waals surface area contributed by atoms with Crippen LogP contribution in [0.1, 0.15) is 58.3 Å². The second-order valence-corrected chi connectivity index (χ2v) is 7.35. The van der Waals surface area contributed by atoms with Gasteiger partial charge in [-0.15, -0.1) is 0 Å². The van der Waals surface area contributed by atoms with Crippen molar-refractivity contribution in [1.29, 1.82) is 0 Å². The Bertz CT molecular complexity index is 783. The number of unbranched alkanes of at least 4 members (excludes halogenated alkanes) is 1. The molecule has 8 nitrogen and oxygen atoms in total. The highest BCUT2D eigenvalue weighted by molar-refractivity contribution is 6.06. The van der Waals surface area contributed by atoms with Gasteiger partial charge in [0, 0.05) is 12.1 Å². The summed E-state index contributed by atoms with van der Waals surface area (Å²) in [6.07, 6.45) is 7.27. The van der Waals surface area contributed by atoms with E-state index in [0.29, 0.717) is 23.8 Å². The number of carbonyl (C=O) groups excluding carboxylic acids is 1. The molecule has 1 saturated carbocycles. The van der Waals surface area contributed by atoms with Crippen LogP contribution in [0.15, 0.2) is 28.2 Å². The molecule has 1 heterocycles. The molecule has 0 aromatic heterocycles. The lowest BCUT2D eigenvalue weighted by molar-refractivity contribution is -0.116. The number of anilines is 2. The summed E-state index contributed by atoms with van der Waals surface area (Å²) >= 11 is 0. The lowest BCUT2D eigenvalue weighted by atomic mass is 9.87. The average Bonchev–Trinajstić information content (AvgIpc) is 2.66. The van der Waals surface area contributed by atoms with Gasteiger partial charge >= 0.3 is 0 Å². The van der Waals surface area contributed by atoms with Gasteiger partial charge in [-0.3, -0.25) is 9.69 Å². The minimum Gasteiger partial charge on any atom is -0.495 e. The molecule has 1 aliphatic carbocycles. The highest BCUT2D eigenvalue weighted by atomic mass is 16.5. The number of methoxy groups -OCH3 is 1. The number of nitrogens with zero attached hydrogens (tertiary/aromatic N) is 3. The molecule has 1 spiro atoms. The van der Waals surface area contributed by atoms with Crippen molar-refractivity contribution >= 4 is 29.2 Å². The summed E-state index contributed by atoms with van der Waals surface area (Å²) in [4.78, 5) is 23.1. The van der Waals surface area contributed by atoms with Crippen LogP contribution in [0.5, 0.6) is 5.75 Å². The van der Waals surface area contributed by atoms with E-state index in [1.165, 1.54) is 6.42 Å². The molecule has 1 aromatic rings. The van der Waals surface area contributed by atoms with Gasteiger partial charge in [0.15, 0.2) is 0 Å². The van der Waals surface area contributed by atoms with Crippen LogP contribution in [0.25, 0.3) is 0 Å². The van der Waals surface area contributed by atoms with Gasteiger partial charge < -0.3 is 21.5 Å². The van der Waals surface area contributed by atoms with Crippen LogP contribution >= 0.6 is 0 Å². The zero-order valence-corrected chi connectivity index (χ0v) is 16.7. The van der Waals surface area contributed by atoms with E-state index >= 15 is 0 Å². The first-order valence-corrected chi connectivity index (χ1v) is 9.96. The number of nitrogens with two attached hydrogens (primary N) is 2. The fourth-order valence-electron chi connectivity index (χ4n) is 3.98. The molecule has 1 amide bonds. The summed E-state index contributed by atoms with van der Waals surface area (Å²) in [6, 6.07) is 5.62. The lowest BCUT2D eigenvalue weighted by Gasteiger charge is -2.45. The maximum absolute atomic E-state index is 12.3. The monoisotopic (exact) mass is 386 g/mol. The zero-order valence-electron chi connectivity index (χ0n) is 16.7. The van der Waals surface area contributed by atoms with Gasteiger partial charge in [0.2, 0.25) is 17.8 Å². The van der Waals surface area contributed by atoms with Crippen molar-refractivity contribution in [3.8, 4) is 5.75 Å². The molecule has 0 bridgehead atoms. The Hall–Kier alpha value is -2.77. The number of nitrogens with one attached hydrogen (secondary N) is 1. The molecule has 1 fully saturated rings. The van der Waals surface area contributed by atoms with Crippen LogP contribution in [0.2, 0.25) is 0 Å². The standard InChI is InChI=1S/C20H30N6O2/c1-3-4-8-17(27)23-15-13-14(9-10-16(15)28-2)26-19(22)24-18(21)25-20(26)11-6-5-7-12-20/h9-10,13H,3-8,11-12H2,1-2H3,(H,23,27)(H4,21,22,24,25). The summed E-state index contributed by atoms with van der Waals surface area (Å²) < 4.78 is 5.43. The van der Waals surface area contributed by atoms with Gasteiger partial charge in [0.25, 0.3) is 0 Å². The molecule has 5 N–H and O–H groups in total. The highest BCUT2D eigenvalue weighted by Crippen LogP contribution is 2.41.